The topological polar surface area (TPSA) is 78.5 Å². The molecule has 0 radical (unpaired) electrons. The molecule has 0 saturated carbocycles. The van der Waals surface area contributed by atoms with Gasteiger partial charge >= 0.3 is 0 Å². The van der Waals surface area contributed by atoms with E-state index in [1.165, 1.54) is 12.1 Å². The summed E-state index contributed by atoms with van der Waals surface area (Å²) in [6.07, 6.45) is 2.34. The summed E-state index contributed by atoms with van der Waals surface area (Å²) in [6.45, 7) is 3.29. The molecule has 1 atom stereocenters. The highest BCUT2D eigenvalue weighted by Gasteiger charge is 2.27. The predicted molar refractivity (Wildman–Crippen MR) is 91.0 cm³/mol. The molecule has 0 aliphatic carbocycles. The number of nitrogen functional groups attached to an aromatic ring is 1. The van der Waals surface area contributed by atoms with Gasteiger partial charge in [-0.25, -0.2) is 9.37 Å². The molecule has 2 aromatic rings. The van der Waals surface area contributed by atoms with Crippen molar-refractivity contribution < 1.29 is 9.50 Å². The Balaban J connectivity index is 1.70. The fourth-order valence-corrected chi connectivity index (χ4v) is 3.10. The molecule has 24 heavy (non-hydrogen) atoms. The first-order valence-corrected chi connectivity index (χ1v) is 8.08. The third-order valence-electron chi connectivity index (χ3n) is 4.35. The summed E-state index contributed by atoms with van der Waals surface area (Å²) in [7, 11) is 0. The Morgan fingerprint density at radius 3 is 2.71 bits per heavy atom. The molecule has 1 aliphatic rings. The minimum absolute atomic E-state index is 0.129. The van der Waals surface area contributed by atoms with Crippen LogP contribution in [-0.4, -0.2) is 52.3 Å². The number of nitrogens with zero attached hydrogens (tertiary/aromatic N) is 4. The molecule has 6 nitrogen and oxygen atoms in total. The van der Waals surface area contributed by atoms with E-state index in [0.29, 0.717) is 6.42 Å². The molecule has 1 aromatic heterocycles. The Morgan fingerprint density at radius 2 is 2.00 bits per heavy atom. The number of benzene rings is 1. The number of nitrogens with two attached hydrogens (primary N) is 1. The minimum Gasteiger partial charge on any atom is -0.396 e. The Hall–Kier alpha value is -2.25. The normalized spacial score (nSPS) is 18.8. The van der Waals surface area contributed by atoms with Gasteiger partial charge in [-0.3, -0.25) is 4.90 Å². The second-order valence-electron chi connectivity index (χ2n) is 5.98. The maximum Gasteiger partial charge on any atom is 0.221 e. The van der Waals surface area contributed by atoms with E-state index in [4.69, 9.17) is 5.73 Å². The molecule has 3 rings (SSSR count). The lowest BCUT2D eigenvalue weighted by Crippen LogP contribution is -2.53. The fraction of sp³-hybridized carbons (Fsp3) is 0.412. The van der Waals surface area contributed by atoms with Gasteiger partial charge in [-0.05, 0) is 30.2 Å². The van der Waals surface area contributed by atoms with Crippen LogP contribution in [0, 0.1) is 5.82 Å². The van der Waals surface area contributed by atoms with Crippen LogP contribution in [-0.2, 0) is 6.54 Å². The van der Waals surface area contributed by atoms with Crippen LogP contribution in [0.15, 0.2) is 36.5 Å². The zero-order valence-electron chi connectivity index (χ0n) is 13.5. The van der Waals surface area contributed by atoms with Crippen LogP contribution in [0.2, 0.25) is 0 Å². The molecule has 7 heteroatoms. The Labute approximate surface area is 140 Å². The van der Waals surface area contributed by atoms with E-state index in [-0.39, 0.29) is 24.4 Å². The molecule has 0 bridgehead atoms. The number of halogens is 1. The van der Waals surface area contributed by atoms with Crippen LogP contribution in [0.3, 0.4) is 0 Å². The molecule has 1 aliphatic heterocycles. The van der Waals surface area contributed by atoms with Crippen molar-refractivity contribution in [2.75, 3.05) is 36.9 Å². The van der Waals surface area contributed by atoms with Crippen molar-refractivity contribution in [2.45, 2.75) is 19.0 Å². The van der Waals surface area contributed by atoms with Crippen LogP contribution in [0.1, 0.15) is 12.0 Å². The highest BCUT2D eigenvalue weighted by molar-refractivity contribution is 5.41. The lowest BCUT2D eigenvalue weighted by Gasteiger charge is -2.42. The highest BCUT2D eigenvalue weighted by Crippen LogP contribution is 2.21. The van der Waals surface area contributed by atoms with Gasteiger partial charge in [-0.2, -0.15) is 4.98 Å². The Bertz CT molecular complexity index is 666. The summed E-state index contributed by atoms with van der Waals surface area (Å²) in [5.41, 5.74) is 6.74. The second kappa shape index (κ2) is 7.55. The summed E-state index contributed by atoms with van der Waals surface area (Å²) >= 11 is 0. The number of anilines is 2. The first-order chi connectivity index (χ1) is 11.7. The molecule has 0 unspecified atom stereocenters. The average Bonchev–Trinajstić information content (AvgIpc) is 2.58. The van der Waals surface area contributed by atoms with Gasteiger partial charge in [0.1, 0.15) is 11.6 Å². The Morgan fingerprint density at radius 1 is 1.21 bits per heavy atom. The van der Waals surface area contributed by atoms with Crippen molar-refractivity contribution in [2.24, 2.45) is 0 Å². The Kier molecular flexibility index (Phi) is 5.22. The summed E-state index contributed by atoms with van der Waals surface area (Å²) < 4.78 is 13.1. The quantitative estimate of drug-likeness (QED) is 0.859. The van der Waals surface area contributed by atoms with Crippen LogP contribution in [0.5, 0.6) is 0 Å². The zero-order chi connectivity index (χ0) is 16.9. The van der Waals surface area contributed by atoms with Gasteiger partial charge < -0.3 is 15.7 Å². The monoisotopic (exact) mass is 331 g/mol. The smallest absolute Gasteiger partial charge is 0.221 e. The molecule has 1 aromatic carbocycles. The van der Waals surface area contributed by atoms with E-state index in [0.717, 1.165) is 37.6 Å². The first-order valence-electron chi connectivity index (χ1n) is 8.08. The summed E-state index contributed by atoms with van der Waals surface area (Å²) in [4.78, 5) is 12.7. The number of aliphatic hydroxyl groups excluding tert-OH is 1. The molecular weight excluding hydrogens is 309 g/mol. The van der Waals surface area contributed by atoms with Gasteiger partial charge in [-0.15, -0.1) is 0 Å². The van der Waals surface area contributed by atoms with Crippen molar-refractivity contribution >= 4 is 11.8 Å². The number of hydrogen-bond donors (Lipinski definition) is 2. The largest absolute Gasteiger partial charge is 0.396 e. The van der Waals surface area contributed by atoms with E-state index in [9.17, 15) is 9.50 Å². The van der Waals surface area contributed by atoms with Crippen molar-refractivity contribution in [1.82, 2.24) is 14.9 Å². The van der Waals surface area contributed by atoms with Crippen molar-refractivity contribution in [3.05, 3.63) is 47.9 Å². The molecule has 2 heterocycles. The highest BCUT2D eigenvalue weighted by atomic mass is 19.1. The van der Waals surface area contributed by atoms with Gasteiger partial charge in [0.15, 0.2) is 0 Å². The average molecular weight is 331 g/mol. The van der Waals surface area contributed by atoms with E-state index in [1.807, 2.05) is 18.2 Å². The number of hydrogen-bond acceptors (Lipinski definition) is 6. The van der Waals surface area contributed by atoms with Crippen molar-refractivity contribution in [3.63, 3.8) is 0 Å². The van der Waals surface area contributed by atoms with Crippen LogP contribution < -0.4 is 10.6 Å². The van der Waals surface area contributed by atoms with Gasteiger partial charge in [0.05, 0.1) is 0 Å². The van der Waals surface area contributed by atoms with Crippen LogP contribution in [0.4, 0.5) is 16.2 Å². The van der Waals surface area contributed by atoms with E-state index in [1.54, 1.807) is 6.20 Å². The van der Waals surface area contributed by atoms with Crippen molar-refractivity contribution in [1.29, 1.82) is 0 Å². The third kappa shape index (κ3) is 3.98. The maximum atomic E-state index is 13.1. The standard InChI is InChI=1S/C17H22FN5O/c18-14-3-1-13(2-4-14)11-22-8-9-23(12-15(22)6-10-24)16-5-7-20-17(19)21-16/h1-5,7,15,24H,6,8-12H2,(H2,19,20,21)/t15-/m1/s1. The fourth-order valence-electron chi connectivity index (χ4n) is 3.10. The lowest BCUT2D eigenvalue weighted by molar-refractivity contribution is 0.135. The molecule has 1 saturated heterocycles. The van der Waals surface area contributed by atoms with Crippen molar-refractivity contribution in [3.8, 4) is 0 Å². The molecule has 3 N–H and O–H groups in total. The van der Waals surface area contributed by atoms with Gasteiger partial charge in [-0.1, -0.05) is 12.1 Å². The number of piperazine rings is 1. The number of aromatic nitrogens is 2. The van der Waals surface area contributed by atoms with E-state index in [2.05, 4.69) is 19.8 Å². The SMILES string of the molecule is Nc1nccc(N2CCN(Cc3ccc(F)cc3)[C@H](CCO)C2)n1. The molecule has 0 amide bonds. The van der Waals surface area contributed by atoms with Gasteiger partial charge in [0.25, 0.3) is 0 Å². The van der Waals surface area contributed by atoms with E-state index < -0.39 is 0 Å². The molecule has 128 valence electrons. The van der Waals surface area contributed by atoms with Gasteiger partial charge in [0.2, 0.25) is 5.95 Å². The van der Waals surface area contributed by atoms with Crippen LogP contribution in [0.25, 0.3) is 0 Å². The van der Waals surface area contributed by atoms with Crippen LogP contribution >= 0.6 is 0 Å². The minimum atomic E-state index is -0.225. The summed E-state index contributed by atoms with van der Waals surface area (Å²) in [5, 5.41) is 9.40. The first kappa shape index (κ1) is 16.6. The van der Waals surface area contributed by atoms with E-state index >= 15 is 0 Å². The second-order valence-corrected chi connectivity index (χ2v) is 5.98. The lowest BCUT2D eigenvalue weighted by atomic mass is 10.1. The molecule has 1 fully saturated rings. The number of rotatable bonds is 5. The number of aliphatic hydroxyl groups is 1. The maximum absolute atomic E-state index is 13.1. The zero-order valence-corrected chi connectivity index (χ0v) is 13.5. The summed E-state index contributed by atoms with van der Waals surface area (Å²) in [5.74, 6) is 0.851. The third-order valence-corrected chi connectivity index (χ3v) is 4.35. The molecule has 0 spiro atoms. The van der Waals surface area contributed by atoms with Gasteiger partial charge in [0, 0.05) is 45.0 Å². The summed E-state index contributed by atoms with van der Waals surface area (Å²) in [6, 6.07) is 8.63. The molecular formula is C17H22FN5O. The predicted octanol–water partition coefficient (Wildman–Crippen LogP) is 1.27.